The molecule has 0 spiro atoms. The number of anilines is 1. The van der Waals surface area contributed by atoms with Gasteiger partial charge in [-0.1, -0.05) is 37.3 Å². The number of imidazole rings is 1. The molecule has 102 valence electrons. The highest BCUT2D eigenvalue weighted by Gasteiger charge is 2.09. The molecule has 0 saturated carbocycles. The molecule has 0 atom stereocenters. The summed E-state index contributed by atoms with van der Waals surface area (Å²) in [5, 5.41) is 3.37. The molecule has 2 aromatic heterocycles. The van der Waals surface area contributed by atoms with Crippen molar-refractivity contribution < 1.29 is 0 Å². The molecule has 3 rings (SSSR count). The summed E-state index contributed by atoms with van der Waals surface area (Å²) in [6.07, 6.45) is 3.54. The van der Waals surface area contributed by atoms with E-state index < -0.39 is 0 Å². The summed E-state index contributed by atoms with van der Waals surface area (Å²) < 4.78 is 0. The molecule has 5 heteroatoms. The Balaban J connectivity index is 1.87. The van der Waals surface area contributed by atoms with Crippen molar-refractivity contribution in [2.24, 2.45) is 0 Å². The molecule has 0 radical (unpaired) electrons. The third-order valence-electron chi connectivity index (χ3n) is 3.11. The molecule has 0 amide bonds. The Morgan fingerprint density at radius 1 is 1.15 bits per heavy atom. The van der Waals surface area contributed by atoms with Gasteiger partial charge in [0.25, 0.3) is 0 Å². The smallest absolute Gasteiger partial charge is 0.183 e. The first-order valence-electron chi connectivity index (χ1n) is 6.84. The Morgan fingerprint density at radius 3 is 2.80 bits per heavy atom. The topological polar surface area (TPSA) is 66.5 Å². The predicted molar refractivity (Wildman–Crippen MR) is 79.4 cm³/mol. The van der Waals surface area contributed by atoms with Crippen molar-refractivity contribution in [1.29, 1.82) is 0 Å². The van der Waals surface area contributed by atoms with E-state index in [2.05, 4.69) is 44.3 Å². The lowest BCUT2D eigenvalue weighted by atomic mass is 10.2. The molecule has 0 aliphatic carbocycles. The number of hydrogen-bond donors (Lipinski definition) is 2. The molecule has 0 aliphatic rings. The van der Waals surface area contributed by atoms with Gasteiger partial charge in [-0.15, -0.1) is 0 Å². The molecular formula is C15H17N5. The van der Waals surface area contributed by atoms with E-state index in [1.807, 2.05) is 18.2 Å². The van der Waals surface area contributed by atoms with E-state index in [1.54, 1.807) is 6.33 Å². The zero-order chi connectivity index (χ0) is 13.8. The van der Waals surface area contributed by atoms with Crippen LogP contribution < -0.4 is 5.32 Å². The molecule has 0 saturated heterocycles. The highest BCUT2D eigenvalue weighted by molar-refractivity contribution is 5.82. The van der Waals surface area contributed by atoms with Crippen molar-refractivity contribution in [2.45, 2.75) is 26.3 Å². The Kier molecular flexibility index (Phi) is 3.58. The van der Waals surface area contributed by atoms with Crippen LogP contribution in [0.25, 0.3) is 11.2 Å². The lowest BCUT2D eigenvalue weighted by Gasteiger charge is -2.08. The molecule has 0 bridgehead atoms. The van der Waals surface area contributed by atoms with E-state index in [4.69, 9.17) is 0 Å². The predicted octanol–water partition coefficient (Wildman–Crippen LogP) is 2.92. The second kappa shape index (κ2) is 5.69. The van der Waals surface area contributed by atoms with Crippen LogP contribution in [0.4, 0.5) is 5.82 Å². The van der Waals surface area contributed by atoms with Crippen LogP contribution in [0.5, 0.6) is 0 Å². The normalized spacial score (nSPS) is 10.8. The summed E-state index contributed by atoms with van der Waals surface area (Å²) in [5.41, 5.74) is 2.80. The van der Waals surface area contributed by atoms with Crippen molar-refractivity contribution >= 4 is 17.0 Å². The van der Waals surface area contributed by atoms with Crippen LogP contribution in [0.15, 0.2) is 36.7 Å². The van der Waals surface area contributed by atoms with Crippen LogP contribution in [0.2, 0.25) is 0 Å². The Morgan fingerprint density at radius 2 is 2.00 bits per heavy atom. The minimum absolute atomic E-state index is 0.721. The fourth-order valence-corrected chi connectivity index (χ4v) is 2.12. The number of aryl methyl sites for hydroxylation is 1. The van der Waals surface area contributed by atoms with Crippen LogP contribution in [0.3, 0.4) is 0 Å². The highest BCUT2D eigenvalue weighted by atomic mass is 15.1. The second-order valence-electron chi connectivity index (χ2n) is 4.68. The molecule has 5 nitrogen and oxygen atoms in total. The quantitative estimate of drug-likeness (QED) is 0.746. The third-order valence-corrected chi connectivity index (χ3v) is 3.11. The highest BCUT2D eigenvalue weighted by Crippen LogP contribution is 2.18. The Labute approximate surface area is 117 Å². The molecule has 2 N–H and O–H groups in total. The van der Waals surface area contributed by atoms with Gasteiger partial charge < -0.3 is 10.3 Å². The van der Waals surface area contributed by atoms with Gasteiger partial charge >= 0.3 is 0 Å². The van der Waals surface area contributed by atoms with Gasteiger partial charge in [-0.05, 0) is 12.0 Å². The minimum Gasteiger partial charge on any atom is -0.364 e. The lowest BCUT2D eigenvalue weighted by Crippen LogP contribution is -2.05. The molecule has 0 unspecified atom stereocenters. The van der Waals surface area contributed by atoms with Crippen LogP contribution >= 0.6 is 0 Å². The van der Waals surface area contributed by atoms with Crippen LogP contribution in [-0.2, 0) is 13.0 Å². The maximum atomic E-state index is 4.58. The van der Waals surface area contributed by atoms with Gasteiger partial charge in [0.05, 0.1) is 6.33 Å². The Hall–Kier alpha value is -2.43. The summed E-state index contributed by atoms with van der Waals surface area (Å²) in [6.45, 7) is 2.85. The lowest BCUT2D eigenvalue weighted by molar-refractivity contribution is 0.841. The number of fused-ring (bicyclic) bond motifs is 1. The summed E-state index contributed by atoms with van der Waals surface area (Å²) >= 11 is 0. The molecular weight excluding hydrogens is 250 g/mol. The minimum atomic E-state index is 0.721. The van der Waals surface area contributed by atoms with Gasteiger partial charge in [0.1, 0.15) is 11.3 Å². The number of hydrogen-bond acceptors (Lipinski definition) is 4. The van der Waals surface area contributed by atoms with E-state index in [0.717, 1.165) is 42.2 Å². The average molecular weight is 267 g/mol. The van der Waals surface area contributed by atoms with Gasteiger partial charge in [0.15, 0.2) is 11.5 Å². The van der Waals surface area contributed by atoms with Crippen molar-refractivity contribution in [2.75, 3.05) is 5.32 Å². The van der Waals surface area contributed by atoms with E-state index in [1.165, 1.54) is 5.56 Å². The zero-order valence-corrected chi connectivity index (χ0v) is 11.4. The van der Waals surface area contributed by atoms with Crippen molar-refractivity contribution in [3.63, 3.8) is 0 Å². The van der Waals surface area contributed by atoms with E-state index in [9.17, 15) is 0 Å². The fraction of sp³-hybridized carbons (Fsp3) is 0.267. The molecule has 3 aromatic rings. The number of aromatic amines is 1. The number of nitrogens with zero attached hydrogens (tertiary/aromatic N) is 3. The maximum absolute atomic E-state index is 4.58. The van der Waals surface area contributed by atoms with Gasteiger partial charge in [-0.25, -0.2) is 15.0 Å². The van der Waals surface area contributed by atoms with Crippen LogP contribution in [0.1, 0.15) is 24.7 Å². The first-order chi connectivity index (χ1) is 9.86. The summed E-state index contributed by atoms with van der Waals surface area (Å²) in [6, 6.07) is 10.3. The van der Waals surface area contributed by atoms with E-state index >= 15 is 0 Å². The third kappa shape index (κ3) is 2.61. The number of aromatic nitrogens is 4. The molecule has 0 fully saturated rings. The fourth-order valence-electron chi connectivity index (χ4n) is 2.12. The molecule has 1 aromatic carbocycles. The van der Waals surface area contributed by atoms with Gasteiger partial charge in [-0.3, -0.25) is 0 Å². The van der Waals surface area contributed by atoms with Crippen LogP contribution in [-0.4, -0.2) is 19.9 Å². The average Bonchev–Trinajstić information content (AvgIpc) is 2.95. The second-order valence-corrected chi connectivity index (χ2v) is 4.68. The van der Waals surface area contributed by atoms with Gasteiger partial charge in [-0.2, -0.15) is 0 Å². The van der Waals surface area contributed by atoms with Gasteiger partial charge in [0, 0.05) is 13.0 Å². The first kappa shape index (κ1) is 12.6. The monoisotopic (exact) mass is 267 g/mol. The first-order valence-corrected chi connectivity index (χ1v) is 6.84. The van der Waals surface area contributed by atoms with E-state index in [0.29, 0.717) is 0 Å². The van der Waals surface area contributed by atoms with Crippen LogP contribution in [0, 0.1) is 0 Å². The summed E-state index contributed by atoms with van der Waals surface area (Å²) in [7, 11) is 0. The van der Waals surface area contributed by atoms with E-state index in [-0.39, 0.29) is 0 Å². The molecule has 0 aliphatic heterocycles. The van der Waals surface area contributed by atoms with Gasteiger partial charge in [0.2, 0.25) is 0 Å². The number of nitrogens with one attached hydrogen (secondary N) is 2. The van der Waals surface area contributed by atoms with Crippen molar-refractivity contribution in [3.05, 3.63) is 48.0 Å². The summed E-state index contributed by atoms with van der Waals surface area (Å²) in [4.78, 5) is 16.4. The summed E-state index contributed by atoms with van der Waals surface area (Å²) in [5.74, 6) is 1.66. The van der Waals surface area contributed by atoms with Crippen molar-refractivity contribution in [3.8, 4) is 0 Å². The Bertz CT molecular complexity index is 690. The van der Waals surface area contributed by atoms with Crippen molar-refractivity contribution in [1.82, 2.24) is 19.9 Å². The SMILES string of the molecule is CCCc1nc(NCc2ccccc2)c2[nH]cnc2n1. The number of benzene rings is 1. The molecule has 2 heterocycles. The number of rotatable bonds is 5. The number of H-pyrrole nitrogens is 1. The standard InChI is InChI=1S/C15H17N5/c1-2-6-12-19-14(13-15(20-12)18-10-17-13)16-9-11-7-4-3-5-8-11/h3-5,7-8,10H,2,6,9H2,1H3,(H2,16,17,18,19,20). The zero-order valence-electron chi connectivity index (χ0n) is 11.4. The largest absolute Gasteiger partial charge is 0.364 e. The maximum Gasteiger partial charge on any atom is 0.183 e. The molecule has 20 heavy (non-hydrogen) atoms.